The highest BCUT2D eigenvalue weighted by atomic mass is 35.5. The van der Waals surface area contributed by atoms with Crippen LogP contribution in [0, 0.1) is 0 Å². The fourth-order valence-electron chi connectivity index (χ4n) is 2.67. The highest BCUT2D eigenvalue weighted by Gasteiger charge is 2.12. The molecule has 150 valence electrons. The molecule has 6 nitrogen and oxygen atoms in total. The SMILES string of the molecule is COc1ccc(CCN(C)C(=O)CCNC(=O)c2ccccc2Cl)cc1OC. The van der Waals surface area contributed by atoms with Gasteiger partial charge in [-0.3, -0.25) is 9.59 Å². The van der Waals surface area contributed by atoms with Gasteiger partial charge < -0.3 is 19.7 Å². The van der Waals surface area contributed by atoms with Gasteiger partial charge in [0.2, 0.25) is 5.91 Å². The molecule has 2 aromatic rings. The summed E-state index contributed by atoms with van der Waals surface area (Å²) in [6.07, 6.45) is 0.910. The average Bonchev–Trinajstić information content (AvgIpc) is 2.71. The summed E-state index contributed by atoms with van der Waals surface area (Å²) in [7, 11) is 4.93. The fourth-order valence-corrected chi connectivity index (χ4v) is 2.89. The first-order valence-corrected chi connectivity index (χ1v) is 9.31. The summed E-state index contributed by atoms with van der Waals surface area (Å²) in [5.41, 5.74) is 1.45. The summed E-state index contributed by atoms with van der Waals surface area (Å²) in [5.74, 6) is 1.01. The lowest BCUT2D eigenvalue weighted by atomic mass is 10.1. The Labute approximate surface area is 170 Å². The van der Waals surface area contributed by atoms with Gasteiger partial charge in [-0.2, -0.15) is 0 Å². The Hall–Kier alpha value is -2.73. The van der Waals surface area contributed by atoms with Crippen LogP contribution in [0.15, 0.2) is 42.5 Å². The van der Waals surface area contributed by atoms with Crippen molar-refractivity contribution in [2.24, 2.45) is 0 Å². The number of halogens is 1. The lowest BCUT2D eigenvalue weighted by Crippen LogP contribution is -2.33. The van der Waals surface area contributed by atoms with Crippen LogP contribution in [0.2, 0.25) is 5.02 Å². The summed E-state index contributed by atoms with van der Waals surface area (Å²) >= 11 is 6.00. The van der Waals surface area contributed by atoms with Gasteiger partial charge in [0.1, 0.15) is 0 Å². The maximum absolute atomic E-state index is 12.3. The van der Waals surface area contributed by atoms with E-state index >= 15 is 0 Å². The molecule has 0 aliphatic carbocycles. The number of carbonyl (C=O) groups excluding carboxylic acids is 2. The predicted octanol–water partition coefficient (Wildman–Crippen LogP) is 3.18. The number of hydrogen-bond donors (Lipinski definition) is 1. The normalized spacial score (nSPS) is 10.3. The summed E-state index contributed by atoms with van der Waals surface area (Å²) in [6, 6.07) is 12.5. The molecule has 0 saturated heterocycles. The fraction of sp³-hybridized carbons (Fsp3) is 0.333. The van der Waals surface area contributed by atoms with E-state index < -0.39 is 0 Å². The van der Waals surface area contributed by atoms with Crippen LogP contribution in [0.25, 0.3) is 0 Å². The highest BCUT2D eigenvalue weighted by molar-refractivity contribution is 6.33. The van der Waals surface area contributed by atoms with Crippen molar-refractivity contribution in [3.63, 3.8) is 0 Å². The van der Waals surface area contributed by atoms with Gasteiger partial charge >= 0.3 is 0 Å². The van der Waals surface area contributed by atoms with Crippen molar-refractivity contribution in [3.8, 4) is 11.5 Å². The van der Waals surface area contributed by atoms with Crippen molar-refractivity contribution in [2.45, 2.75) is 12.8 Å². The molecule has 0 bridgehead atoms. The number of methoxy groups -OCH3 is 2. The molecule has 0 spiro atoms. The molecular formula is C21H25ClN2O4. The molecule has 0 fully saturated rings. The van der Waals surface area contributed by atoms with Gasteiger partial charge in [-0.15, -0.1) is 0 Å². The molecule has 0 heterocycles. The molecule has 0 aliphatic heterocycles. The number of benzene rings is 2. The number of amides is 2. The largest absolute Gasteiger partial charge is 0.493 e. The Bertz CT molecular complexity index is 826. The van der Waals surface area contributed by atoms with Crippen molar-refractivity contribution in [3.05, 3.63) is 58.6 Å². The van der Waals surface area contributed by atoms with Crippen LogP contribution in [0.1, 0.15) is 22.3 Å². The van der Waals surface area contributed by atoms with Crippen LogP contribution in [0.3, 0.4) is 0 Å². The Balaban J connectivity index is 1.78. The van der Waals surface area contributed by atoms with Gasteiger partial charge in [-0.05, 0) is 36.2 Å². The minimum Gasteiger partial charge on any atom is -0.493 e. The van der Waals surface area contributed by atoms with Gasteiger partial charge in [-0.25, -0.2) is 0 Å². The second-order valence-corrected chi connectivity index (χ2v) is 6.65. The molecule has 2 aromatic carbocycles. The van der Waals surface area contributed by atoms with E-state index in [0.29, 0.717) is 35.1 Å². The Morgan fingerprint density at radius 3 is 2.46 bits per heavy atom. The molecule has 28 heavy (non-hydrogen) atoms. The minimum atomic E-state index is -0.286. The van der Waals surface area contributed by atoms with Crippen molar-refractivity contribution in [1.82, 2.24) is 10.2 Å². The first-order valence-electron chi connectivity index (χ1n) is 8.94. The van der Waals surface area contributed by atoms with Crippen LogP contribution < -0.4 is 14.8 Å². The number of rotatable bonds is 9. The van der Waals surface area contributed by atoms with Crippen LogP contribution >= 0.6 is 11.6 Å². The number of likely N-dealkylation sites (N-methyl/N-ethyl adjacent to an activating group) is 1. The van der Waals surface area contributed by atoms with Gasteiger partial charge in [0, 0.05) is 26.6 Å². The topological polar surface area (TPSA) is 67.9 Å². The van der Waals surface area contributed by atoms with E-state index in [1.54, 1.807) is 50.4 Å². The van der Waals surface area contributed by atoms with Crippen LogP contribution in [-0.2, 0) is 11.2 Å². The molecule has 0 atom stereocenters. The number of hydrogen-bond acceptors (Lipinski definition) is 4. The van der Waals surface area contributed by atoms with E-state index in [9.17, 15) is 9.59 Å². The zero-order valence-corrected chi connectivity index (χ0v) is 17.1. The first-order chi connectivity index (χ1) is 13.5. The summed E-state index contributed by atoms with van der Waals surface area (Å²) < 4.78 is 10.5. The smallest absolute Gasteiger partial charge is 0.252 e. The molecule has 0 radical (unpaired) electrons. The third kappa shape index (κ3) is 5.89. The van der Waals surface area contributed by atoms with Gasteiger partial charge in [0.15, 0.2) is 11.5 Å². The predicted molar refractivity (Wildman–Crippen MR) is 109 cm³/mol. The van der Waals surface area contributed by atoms with E-state index in [1.165, 1.54) is 0 Å². The monoisotopic (exact) mass is 404 g/mol. The molecule has 2 rings (SSSR count). The Kier molecular flexibility index (Phi) is 8.14. The number of ether oxygens (including phenoxy) is 2. The second kappa shape index (κ2) is 10.6. The summed E-state index contributed by atoms with van der Waals surface area (Å²) in [6.45, 7) is 0.816. The summed E-state index contributed by atoms with van der Waals surface area (Å²) in [5, 5.41) is 3.11. The minimum absolute atomic E-state index is 0.0417. The van der Waals surface area contributed by atoms with Crippen molar-refractivity contribution in [2.75, 3.05) is 34.4 Å². The lowest BCUT2D eigenvalue weighted by molar-refractivity contribution is -0.129. The van der Waals surface area contributed by atoms with Crippen molar-refractivity contribution >= 4 is 23.4 Å². The van der Waals surface area contributed by atoms with Crippen LogP contribution in [0.5, 0.6) is 11.5 Å². The zero-order valence-electron chi connectivity index (χ0n) is 16.3. The second-order valence-electron chi connectivity index (χ2n) is 6.24. The van der Waals surface area contributed by atoms with E-state index in [1.807, 2.05) is 18.2 Å². The molecule has 0 saturated carbocycles. The molecule has 0 aliphatic rings. The van der Waals surface area contributed by atoms with E-state index in [2.05, 4.69) is 5.32 Å². The molecular weight excluding hydrogens is 380 g/mol. The Morgan fingerprint density at radius 2 is 1.79 bits per heavy atom. The maximum Gasteiger partial charge on any atom is 0.252 e. The Morgan fingerprint density at radius 1 is 1.07 bits per heavy atom. The third-order valence-electron chi connectivity index (χ3n) is 4.35. The van der Waals surface area contributed by atoms with Crippen molar-refractivity contribution in [1.29, 1.82) is 0 Å². The van der Waals surface area contributed by atoms with Gasteiger partial charge in [-0.1, -0.05) is 29.8 Å². The van der Waals surface area contributed by atoms with E-state index in [-0.39, 0.29) is 24.8 Å². The number of carbonyl (C=O) groups is 2. The first kappa shape index (κ1) is 21.6. The average molecular weight is 405 g/mol. The van der Waals surface area contributed by atoms with Crippen molar-refractivity contribution < 1.29 is 19.1 Å². The number of nitrogens with zero attached hydrogens (tertiary/aromatic N) is 1. The van der Waals surface area contributed by atoms with Crippen LogP contribution in [0.4, 0.5) is 0 Å². The summed E-state index contributed by atoms with van der Waals surface area (Å²) in [4.78, 5) is 26.0. The molecule has 0 aromatic heterocycles. The third-order valence-corrected chi connectivity index (χ3v) is 4.68. The van der Waals surface area contributed by atoms with E-state index in [4.69, 9.17) is 21.1 Å². The maximum atomic E-state index is 12.3. The highest BCUT2D eigenvalue weighted by Crippen LogP contribution is 2.27. The zero-order chi connectivity index (χ0) is 20.5. The standard InChI is InChI=1S/C21H25ClN2O4/c1-24(13-11-15-8-9-18(27-2)19(14-15)28-3)20(25)10-12-23-21(26)16-6-4-5-7-17(16)22/h4-9,14H,10-13H2,1-3H3,(H,23,26). The van der Waals surface area contributed by atoms with Crippen LogP contribution in [-0.4, -0.2) is 51.1 Å². The molecule has 0 unspecified atom stereocenters. The van der Waals surface area contributed by atoms with Gasteiger partial charge in [0.05, 0.1) is 24.8 Å². The molecule has 2 amide bonds. The molecule has 1 N–H and O–H groups in total. The quantitative estimate of drug-likeness (QED) is 0.697. The lowest BCUT2D eigenvalue weighted by Gasteiger charge is -2.18. The van der Waals surface area contributed by atoms with E-state index in [0.717, 1.165) is 5.56 Å². The van der Waals surface area contributed by atoms with Gasteiger partial charge in [0.25, 0.3) is 5.91 Å². The molecule has 7 heteroatoms. The number of nitrogens with one attached hydrogen (secondary N) is 1.